The summed E-state index contributed by atoms with van der Waals surface area (Å²) in [6.45, 7) is -0.0559. The molecule has 2 aliphatic heterocycles. The lowest BCUT2D eigenvalue weighted by Crippen LogP contribution is -2.53. The predicted molar refractivity (Wildman–Crippen MR) is 125 cm³/mol. The van der Waals surface area contributed by atoms with E-state index in [0.29, 0.717) is 12.8 Å². The van der Waals surface area contributed by atoms with E-state index in [4.69, 9.17) is 0 Å². The van der Waals surface area contributed by atoms with Crippen molar-refractivity contribution in [2.24, 2.45) is 0 Å². The van der Waals surface area contributed by atoms with E-state index in [9.17, 15) is 28.1 Å². The molecule has 35 heavy (non-hydrogen) atoms. The van der Waals surface area contributed by atoms with Gasteiger partial charge < -0.3 is 10.2 Å². The minimum Gasteiger partial charge on any atom is -0.338 e. The molecule has 1 atom stereocenters. The number of carbonyl (C=O) groups excluding carboxylic acids is 3. The highest BCUT2D eigenvalue weighted by Gasteiger charge is 2.40. The summed E-state index contributed by atoms with van der Waals surface area (Å²) in [5, 5.41) is 11.9. The first-order valence-corrected chi connectivity index (χ1v) is 12.7. The molecule has 0 spiro atoms. The third kappa shape index (κ3) is 5.18. The summed E-state index contributed by atoms with van der Waals surface area (Å²) in [5.74, 6) is -0.861. The number of imide groups is 1. The Labute approximate surface area is 203 Å². The van der Waals surface area contributed by atoms with Gasteiger partial charge in [0.05, 0.1) is 10.5 Å². The number of nitriles is 1. The maximum Gasteiger partial charge on any atom is 0.325 e. The molecule has 0 bridgehead atoms. The summed E-state index contributed by atoms with van der Waals surface area (Å²) >= 11 is 0. The van der Waals surface area contributed by atoms with Gasteiger partial charge in [0.2, 0.25) is 15.9 Å². The molecule has 1 N–H and O–H groups in total. The van der Waals surface area contributed by atoms with Crippen molar-refractivity contribution in [1.29, 1.82) is 5.26 Å². The molecule has 2 aromatic rings. The topological polar surface area (TPSA) is 131 Å². The number of aryl methyl sites for hydroxylation is 1. The minimum atomic E-state index is -3.89. The number of sulfonamides is 1. The van der Waals surface area contributed by atoms with Crippen molar-refractivity contribution in [3.05, 3.63) is 65.7 Å². The number of nitrogens with zero attached hydrogens (tertiary/aromatic N) is 4. The average molecular weight is 496 g/mol. The summed E-state index contributed by atoms with van der Waals surface area (Å²) in [4.78, 5) is 40.1. The van der Waals surface area contributed by atoms with Gasteiger partial charge in [0.1, 0.15) is 18.7 Å². The van der Waals surface area contributed by atoms with E-state index in [2.05, 4.69) is 5.32 Å². The lowest BCUT2D eigenvalue weighted by Gasteiger charge is -2.34. The maximum atomic E-state index is 13.0. The van der Waals surface area contributed by atoms with Gasteiger partial charge in [-0.05, 0) is 30.5 Å². The average Bonchev–Trinajstić information content (AvgIpc) is 3.15. The number of urea groups is 1. The molecule has 4 rings (SSSR count). The molecule has 2 aromatic carbocycles. The zero-order valence-electron chi connectivity index (χ0n) is 19.0. The molecule has 11 heteroatoms. The highest BCUT2D eigenvalue weighted by molar-refractivity contribution is 7.89. The molecule has 2 heterocycles. The Balaban J connectivity index is 1.32. The fourth-order valence-electron chi connectivity index (χ4n) is 4.21. The molecule has 0 aromatic heterocycles. The van der Waals surface area contributed by atoms with Gasteiger partial charge in [-0.1, -0.05) is 42.5 Å². The Hall–Kier alpha value is -3.75. The van der Waals surface area contributed by atoms with Crippen LogP contribution in [-0.2, 0) is 26.0 Å². The fraction of sp³-hybridized carbons (Fsp3) is 0.333. The van der Waals surface area contributed by atoms with Crippen LogP contribution in [0.3, 0.4) is 0 Å². The van der Waals surface area contributed by atoms with Crippen LogP contribution in [0.25, 0.3) is 0 Å². The summed E-state index contributed by atoms with van der Waals surface area (Å²) in [7, 11) is -3.89. The number of piperazine rings is 1. The van der Waals surface area contributed by atoms with Crippen LogP contribution in [0.5, 0.6) is 0 Å². The van der Waals surface area contributed by atoms with E-state index in [1.165, 1.54) is 21.3 Å². The molecular weight excluding hydrogens is 470 g/mol. The van der Waals surface area contributed by atoms with Crippen LogP contribution in [0.4, 0.5) is 4.79 Å². The second-order valence-corrected chi connectivity index (χ2v) is 10.2. The largest absolute Gasteiger partial charge is 0.338 e. The van der Waals surface area contributed by atoms with Crippen LogP contribution in [0.1, 0.15) is 17.5 Å². The molecule has 2 aliphatic rings. The number of hydrogen-bond donors (Lipinski definition) is 1. The van der Waals surface area contributed by atoms with Gasteiger partial charge in [0.15, 0.2) is 0 Å². The Morgan fingerprint density at radius 3 is 2.34 bits per heavy atom. The lowest BCUT2D eigenvalue weighted by molar-refractivity contribution is -0.138. The number of hydrogen-bond acceptors (Lipinski definition) is 6. The molecule has 0 unspecified atom stereocenters. The number of amides is 4. The van der Waals surface area contributed by atoms with E-state index < -0.39 is 40.5 Å². The number of benzene rings is 2. The fourth-order valence-corrected chi connectivity index (χ4v) is 5.78. The standard InChI is InChI=1S/C24H25N5O5S/c25-16-19-8-4-5-9-21(19)35(33,34)28-14-12-27(13-15-28)22(30)17-29-23(31)20(26-24(29)32)11-10-18-6-2-1-3-7-18/h1-9,20H,10-15,17H2,(H,26,32)/t20-/m1/s1. The molecule has 2 fully saturated rings. The highest BCUT2D eigenvalue weighted by atomic mass is 32.2. The Kier molecular flexibility index (Phi) is 7.14. The molecule has 182 valence electrons. The van der Waals surface area contributed by atoms with Crippen molar-refractivity contribution >= 4 is 27.9 Å². The molecule has 10 nitrogen and oxygen atoms in total. The second kappa shape index (κ2) is 10.2. The van der Waals surface area contributed by atoms with Crippen LogP contribution < -0.4 is 5.32 Å². The van der Waals surface area contributed by atoms with Crippen LogP contribution in [0.15, 0.2) is 59.5 Å². The van der Waals surface area contributed by atoms with E-state index >= 15 is 0 Å². The van der Waals surface area contributed by atoms with Crippen LogP contribution in [-0.4, -0.2) is 79.1 Å². The van der Waals surface area contributed by atoms with Gasteiger partial charge in [0.25, 0.3) is 5.91 Å². The third-order valence-electron chi connectivity index (χ3n) is 6.18. The highest BCUT2D eigenvalue weighted by Crippen LogP contribution is 2.21. The first-order chi connectivity index (χ1) is 16.8. The first kappa shape index (κ1) is 24.4. The number of rotatable bonds is 7. The van der Waals surface area contributed by atoms with E-state index in [1.807, 2.05) is 36.4 Å². The zero-order chi connectivity index (χ0) is 25.0. The molecule has 4 amide bonds. The van der Waals surface area contributed by atoms with Crippen LogP contribution >= 0.6 is 0 Å². The molecule has 0 radical (unpaired) electrons. The molecule has 0 saturated carbocycles. The van der Waals surface area contributed by atoms with Gasteiger partial charge in [-0.15, -0.1) is 0 Å². The smallest absolute Gasteiger partial charge is 0.325 e. The lowest BCUT2D eigenvalue weighted by atomic mass is 10.1. The normalized spacial score (nSPS) is 18.9. The Morgan fingerprint density at radius 2 is 1.66 bits per heavy atom. The Morgan fingerprint density at radius 1 is 1.00 bits per heavy atom. The minimum absolute atomic E-state index is 0.0493. The van der Waals surface area contributed by atoms with Gasteiger partial charge >= 0.3 is 6.03 Å². The van der Waals surface area contributed by atoms with Gasteiger partial charge in [0, 0.05) is 26.2 Å². The summed E-state index contributed by atoms with van der Waals surface area (Å²) < 4.78 is 27.2. The summed E-state index contributed by atoms with van der Waals surface area (Å²) in [6.07, 6.45) is 1.05. The van der Waals surface area contributed by atoms with Crippen molar-refractivity contribution < 1.29 is 22.8 Å². The van der Waals surface area contributed by atoms with E-state index in [1.54, 1.807) is 12.1 Å². The third-order valence-corrected chi connectivity index (χ3v) is 8.14. The van der Waals surface area contributed by atoms with Crippen molar-refractivity contribution in [3.8, 4) is 6.07 Å². The molecular formula is C24H25N5O5S. The number of nitrogens with one attached hydrogen (secondary N) is 1. The SMILES string of the molecule is N#Cc1ccccc1S(=O)(=O)N1CCN(C(=O)CN2C(=O)N[C@H](CCc3ccccc3)C2=O)CC1. The van der Waals surface area contributed by atoms with Gasteiger partial charge in [-0.25, -0.2) is 13.2 Å². The van der Waals surface area contributed by atoms with E-state index in [-0.39, 0.29) is 36.6 Å². The Bertz CT molecular complexity index is 1270. The molecule has 2 saturated heterocycles. The van der Waals surface area contributed by atoms with Crippen molar-refractivity contribution in [3.63, 3.8) is 0 Å². The van der Waals surface area contributed by atoms with Gasteiger partial charge in [-0.3, -0.25) is 14.5 Å². The molecule has 0 aliphatic carbocycles. The summed E-state index contributed by atoms with van der Waals surface area (Å²) in [5.41, 5.74) is 1.11. The number of carbonyl (C=O) groups is 3. The second-order valence-electron chi connectivity index (χ2n) is 8.34. The zero-order valence-corrected chi connectivity index (χ0v) is 19.8. The van der Waals surface area contributed by atoms with Gasteiger partial charge in [-0.2, -0.15) is 9.57 Å². The van der Waals surface area contributed by atoms with Crippen molar-refractivity contribution in [2.45, 2.75) is 23.8 Å². The first-order valence-electron chi connectivity index (χ1n) is 11.2. The van der Waals surface area contributed by atoms with Crippen LogP contribution in [0, 0.1) is 11.3 Å². The maximum absolute atomic E-state index is 13.0. The quantitative estimate of drug-likeness (QED) is 0.569. The predicted octanol–water partition coefficient (Wildman–Crippen LogP) is 0.944. The van der Waals surface area contributed by atoms with Crippen molar-refractivity contribution in [1.82, 2.24) is 19.4 Å². The monoisotopic (exact) mass is 495 g/mol. The van der Waals surface area contributed by atoms with Crippen molar-refractivity contribution in [2.75, 3.05) is 32.7 Å². The van der Waals surface area contributed by atoms with Crippen LogP contribution in [0.2, 0.25) is 0 Å². The summed E-state index contributed by atoms with van der Waals surface area (Å²) in [6, 6.07) is 16.2. The van der Waals surface area contributed by atoms with E-state index in [0.717, 1.165) is 10.5 Å².